The van der Waals surface area contributed by atoms with Crippen LogP contribution in [0.2, 0.25) is 0 Å². The van der Waals surface area contributed by atoms with E-state index in [4.69, 9.17) is 0 Å². The smallest absolute Gasteiger partial charge is 0.331 e. The minimum Gasteiger partial charge on any atom is -0.479 e. The van der Waals surface area contributed by atoms with Crippen LogP contribution in [0.1, 0.15) is 11.6 Å². The summed E-state index contributed by atoms with van der Waals surface area (Å²) in [5.74, 6) is -1.15. The lowest BCUT2D eigenvalue weighted by molar-refractivity contribution is -0.139. The van der Waals surface area contributed by atoms with Crippen molar-refractivity contribution in [3.63, 3.8) is 0 Å². The summed E-state index contributed by atoms with van der Waals surface area (Å²) in [6.45, 7) is 0. The van der Waals surface area contributed by atoms with E-state index in [9.17, 15) is 14.7 Å². The quantitative estimate of drug-likeness (QED) is 0.684. The molecule has 0 fully saturated rings. The van der Waals surface area contributed by atoms with Gasteiger partial charge in [-0.3, -0.25) is 4.68 Å². The second-order valence-corrected chi connectivity index (χ2v) is 5.46. The maximum absolute atomic E-state index is 11.9. The molecule has 1 aromatic carbocycles. The van der Waals surface area contributed by atoms with Gasteiger partial charge in [0.2, 0.25) is 0 Å². The number of carboxylic acids is 1. The number of anilines is 1. The lowest BCUT2D eigenvalue weighted by atomic mass is 10.1. The Bertz CT molecular complexity index is 671. The van der Waals surface area contributed by atoms with Crippen LogP contribution in [0.15, 0.2) is 36.7 Å². The molecule has 1 aromatic heterocycles. The van der Waals surface area contributed by atoms with Crippen molar-refractivity contribution in [2.24, 2.45) is 7.05 Å². The van der Waals surface area contributed by atoms with E-state index in [-0.39, 0.29) is 0 Å². The first kappa shape index (κ1) is 15.3. The van der Waals surface area contributed by atoms with Gasteiger partial charge in [-0.2, -0.15) is 5.10 Å². The minimum atomic E-state index is -1.15. The summed E-state index contributed by atoms with van der Waals surface area (Å²) < 4.78 is 2.34. The highest BCUT2D eigenvalue weighted by Crippen LogP contribution is 2.17. The second kappa shape index (κ2) is 6.57. The van der Waals surface area contributed by atoms with Crippen molar-refractivity contribution in [3.8, 4) is 0 Å². The number of carbonyl (C=O) groups is 2. The van der Waals surface area contributed by atoms with Crippen molar-refractivity contribution in [3.05, 3.63) is 45.8 Å². The van der Waals surface area contributed by atoms with E-state index in [0.717, 1.165) is 3.57 Å². The van der Waals surface area contributed by atoms with E-state index >= 15 is 0 Å². The number of urea groups is 1. The van der Waals surface area contributed by atoms with Crippen LogP contribution in [0.3, 0.4) is 0 Å². The third kappa shape index (κ3) is 3.94. The number of benzene rings is 1. The van der Waals surface area contributed by atoms with Crippen LogP contribution in [0, 0.1) is 3.57 Å². The maximum Gasteiger partial charge on any atom is 0.331 e. The summed E-state index contributed by atoms with van der Waals surface area (Å²) in [7, 11) is 1.68. The zero-order valence-electron chi connectivity index (χ0n) is 11.1. The average molecular weight is 400 g/mol. The van der Waals surface area contributed by atoms with Crippen LogP contribution in [-0.4, -0.2) is 26.9 Å². The van der Waals surface area contributed by atoms with Gasteiger partial charge in [-0.05, 0) is 34.7 Å². The highest BCUT2D eigenvalue weighted by Gasteiger charge is 2.23. The average Bonchev–Trinajstić information content (AvgIpc) is 2.85. The molecule has 0 spiro atoms. The zero-order chi connectivity index (χ0) is 15.4. The summed E-state index contributed by atoms with van der Waals surface area (Å²) in [6.07, 6.45) is 2.96. The number of para-hydroxylation sites is 1. The van der Waals surface area contributed by atoms with Gasteiger partial charge in [0.05, 0.1) is 11.9 Å². The summed E-state index contributed by atoms with van der Waals surface area (Å²) >= 11 is 2.08. The zero-order valence-corrected chi connectivity index (χ0v) is 13.2. The second-order valence-electron chi connectivity index (χ2n) is 4.30. The Hall–Kier alpha value is -2.10. The maximum atomic E-state index is 11.9. The molecule has 110 valence electrons. The number of hydrogen-bond donors (Lipinski definition) is 3. The molecule has 2 aromatic rings. The summed E-state index contributed by atoms with van der Waals surface area (Å²) in [6, 6.07) is 5.47. The Labute approximate surface area is 134 Å². The Balaban J connectivity index is 2.09. The van der Waals surface area contributed by atoms with E-state index in [1.807, 2.05) is 12.1 Å². The van der Waals surface area contributed by atoms with E-state index < -0.39 is 18.0 Å². The Morgan fingerprint density at radius 1 is 1.38 bits per heavy atom. The molecule has 1 heterocycles. The van der Waals surface area contributed by atoms with Crippen LogP contribution in [0.5, 0.6) is 0 Å². The SMILES string of the molecule is Cn1cc(C(NC(=O)Nc2ccccc2I)C(=O)O)cn1. The molecule has 7 nitrogen and oxygen atoms in total. The van der Waals surface area contributed by atoms with Gasteiger partial charge in [-0.25, -0.2) is 9.59 Å². The summed E-state index contributed by atoms with van der Waals surface area (Å²) in [5, 5.41) is 18.2. The molecule has 0 saturated carbocycles. The van der Waals surface area contributed by atoms with E-state index in [1.54, 1.807) is 25.4 Å². The molecule has 0 saturated heterocycles. The molecular weight excluding hydrogens is 387 g/mol. The molecule has 0 aliphatic heterocycles. The molecule has 0 radical (unpaired) electrons. The predicted molar refractivity (Wildman–Crippen MR) is 84.9 cm³/mol. The topological polar surface area (TPSA) is 96.2 Å². The molecule has 0 aliphatic rings. The Morgan fingerprint density at radius 3 is 2.67 bits per heavy atom. The standard InChI is InChI=1S/C13H13IN4O3/c1-18-7-8(6-15-18)11(12(19)20)17-13(21)16-10-5-3-2-4-9(10)14/h2-7,11H,1H3,(H,19,20)(H2,16,17,21). The van der Waals surface area contributed by atoms with Gasteiger partial charge in [0.25, 0.3) is 0 Å². The number of aliphatic carboxylic acids is 1. The molecule has 2 amide bonds. The molecule has 0 aliphatic carbocycles. The fourth-order valence-corrected chi connectivity index (χ4v) is 2.25. The summed E-state index contributed by atoms with van der Waals surface area (Å²) in [5.41, 5.74) is 1.02. The van der Waals surface area contributed by atoms with Crippen molar-refractivity contribution in [2.75, 3.05) is 5.32 Å². The normalized spacial score (nSPS) is 11.7. The van der Waals surface area contributed by atoms with Gasteiger partial charge in [-0.15, -0.1) is 0 Å². The number of carboxylic acid groups (broad SMARTS) is 1. The molecule has 1 atom stereocenters. The Morgan fingerprint density at radius 2 is 2.10 bits per heavy atom. The monoisotopic (exact) mass is 400 g/mol. The molecule has 8 heteroatoms. The van der Waals surface area contributed by atoms with Crippen LogP contribution in [-0.2, 0) is 11.8 Å². The van der Waals surface area contributed by atoms with E-state index in [1.165, 1.54) is 10.9 Å². The van der Waals surface area contributed by atoms with Crippen molar-refractivity contribution < 1.29 is 14.7 Å². The fraction of sp³-hybridized carbons (Fsp3) is 0.154. The van der Waals surface area contributed by atoms with Gasteiger partial charge in [-0.1, -0.05) is 12.1 Å². The molecule has 21 heavy (non-hydrogen) atoms. The number of hydrogen-bond acceptors (Lipinski definition) is 3. The molecule has 1 unspecified atom stereocenters. The number of rotatable bonds is 4. The lowest BCUT2D eigenvalue weighted by Crippen LogP contribution is -2.36. The number of nitrogens with zero attached hydrogens (tertiary/aromatic N) is 2. The van der Waals surface area contributed by atoms with E-state index in [0.29, 0.717) is 11.3 Å². The Kier molecular flexibility index (Phi) is 4.78. The number of aromatic nitrogens is 2. The van der Waals surface area contributed by atoms with E-state index in [2.05, 4.69) is 38.3 Å². The molecule has 0 bridgehead atoms. The van der Waals surface area contributed by atoms with Crippen LogP contribution < -0.4 is 10.6 Å². The summed E-state index contributed by atoms with van der Waals surface area (Å²) in [4.78, 5) is 23.2. The largest absolute Gasteiger partial charge is 0.479 e. The van der Waals surface area contributed by atoms with Crippen LogP contribution >= 0.6 is 22.6 Å². The van der Waals surface area contributed by atoms with Crippen molar-refractivity contribution in [2.45, 2.75) is 6.04 Å². The number of amides is 2. The van der Waals surface area contributed by atoms with Gasteiger partial charge < -0.3 is 15.7 Å². The number of aryl methyl sites for hydroxylation is 1. The van der Waals surface area contributed by atoms with Crippen LogP contribution in [0.4, 0.5) is 10.5 Å². The van der Waals surface area contributed by atoms with Crippen molar-refractivity contribution >= 4 is 40.3 Å². The highest BCUT2D eigenvalue weighted by atomic mass is 127. The van der Waals surface area contributed by atoms with Crippen LogP contribution in [0.25, 0.3) is 0 Å². The molecular formula is C13H13IN4O3. The van der Waals surface area contributed by atoms with Gasteiger partial charge >= 0.3 is 12.0 Å². The van der Waals surface area contributed by atoms with Gasteiger partial charge in [0.15, 0.2) is 6.04 Å². The lowest BCUT2D eigenvalue weighted by Gasteiger charge is -2.14. The number of halogens is 1. The highest BCUT2D eigenvalue weighted by molar-refractivity contribution is 14.1. The van der Waals surface area contributed by atoms with Gasteiger partial charge in [0.1, 0.15) is 0 Å². The molecule has 3 N–H and O–H groups in total. The first-order chi connectivity index (χ1) is 9.97. The third-order valence-corrected chi connectivity index (χ3v) is 3.64. The van der Waals surface area contributed by atoms with Crippen molar-refractivity contribution in [1.82, 2.24) is 15.1 Å². The first-order valence-corrected chi connectivity index (χ1v) is 7.08. The van der Waals surface area contributed by atoms with Crippen molar-refractivity contribution in [1.29, 1.82) is 0 Å². The predicted octanol–water partition coefficient (Wildman–Crippen LogP) is 1.97. The first-order valence-electron chi connectivity index (χ1n) is 6.01. The molecule has 2 rings (SSSR count). The number of nitrogens with one attached hydrogen (secondary N) is 2. The third-order valence-electron chi connectivity index (χ3n) is 2.70. The van der Waals surface area contributed by atoms with Gasteiger partial charge in [0, 0.05) is 22.4 Å². The number of carbonyl (C=O) groups excluding carboxylic acids is 1. The fourth-order valence-electron chi connectivity index (χ4n) is 1.73. The minimum absolute atomic E-state index is 0.405.